The fraction of sp³-hybridized carbons (Fsp3) is 0.100. The predicted molar refractivity (Wildman–Crippen MR) is 47.0 cm³/mol. The lowest BCUT2D eigenvalue weighted by molar-refractivity contribution is -0.0707. The van der Waals surface area contributed by atoms with Crippen LogP contribution in [-0.4, -0.2) is 27.7 Å². The molecule has 0 spiro atoms. The second-order valence-electron chi connectivity index (χ2n) is 3.02. The van der Waals surface area contributed by atoms with Gasteiger partial charge >= 0.3 is 0 Å². The molecule has 1 aromatic carbocycles. The molecule has 4 heteroatoms. The van der Waals surface area contributed by atoms with E-state index in [1.54, 1.807) is 12.1 Å². The van der Waals surface area contributed by atoms with Crippen molar-refractivity contribution in [3.05, 3.63) is 35.4 Å². The number of carbonyl (C=O) groups excluding carboxylic acids is 2. The highest BCUT2D eigenvalue weighted by Crippen LogP contribution is 2.36. The highest BCUT2D eigenvalue weighted by atomic mass is 16.5. The minimum Gasteiger partial charge on any atom is -0.355 e. The van der Waals surface area contributed by atoms with Crippen molar-refractivity contribution < 1.29 is 19.8 Å². The number of aliphatic hydroxyl groups is 2. The number of benzene rings is 1. The number of hydrogen-bond donors (Lipinski definition) is 2. The smallest absolute Gasteiger partial charge is 0.267 e. The molecule has 0 heterocycles. The summed E-state index contributed by atoms with van der Waals surface area (Å²) in [5, 5.41) is 18.7. The minimum absolute atomic E-state index is 0.135. The Kier molecular flexibility index (Phi) is 1.66. The van der Waals surface area contributed by atoms with E-state index in [0.717, 1.165) is 0 Å². The van der Waals surface area contributed by atoms with Crippen LogP contribution < -0.4 is 0 Å². The average Bonchev–Trinajstić information content (AvgIpc) is 2.36. The van der Waals surface area contributed by atoms with Gasteiger partial charge in [0.25, 0.3) is 5.79 Å². The molecular weight excluding hydrogens is 184 g/mol. The highest BCUT2D eigenvalue weighted by molar-refractivity contribution is 6.22. The third kappa shape index (κ3) is 0.900. The number of rotatable bonds is 0. The molecule has 0 radical (unpaired) electrons. The van der Waals surface area contributed by atoms with Gasteiger partial charge in [-0.2, -0.15) is 0 Å². The predicted octanol–water partition coefficient (Wildman–Crippen LogP) is -0.221. The number of hydrogen-bond acceptors (Lipinski definition) is 4. The lowest BCUT2D eigenvalue weighted by Crippen LogP contribution is -2.34. The molecule has 4 nitrogen and oxygen atoms in total. The van der Waals surface area contributed by atoms with Crippen molar-refractivity contribution in [2.24, 2.45) is 0 Å². The van der Waals surface area contributed by atoms with Crippen LogP contribution in [0, 0.1) is 0 Å². The summed E-state index contributed by atoms with van der Waals surface area (Å²) in [7, 11) is 0. The molecule has 0 atom stereocenters. The normalized spacial score (nSPS) is 17.9. The molecule has 0 amide bonds. The maximum Gasteiger partial charge on any atom is 0.267 e. The van der Waals surface area contributed by atoms with Gasteiger partial charge in [0.1, 0.15) is 11.5 Å². The second-order valence-corrected chi connectivity index (χ2v) is 3.02. The van der Waals surface area contributed by atoms with E-state index < -0.39 is 17.1 Å². The first-order valence-electron chi connectivity index (χ1n) is 3.93. The summed E-state index contributed by atoms with van der Waals surface area (Å²) in [5.74, 6) is -2.21. The lowest BCUT2D eigenvalue weighted by Gasteiger charge is -2.11. The van der Waals surface area contributed by atoms with E-state index in [0.29, 0.717) is 0 Å². The van der Waals surface area contributed by atoms with Gasteiger partial charge in [0.2, 0.25) is 5.78 Å². The Bertz CT molecular complexity index is 467. The van der Waals surface area contributed by atoms with E-state index in [9.17, 15) is 19.8 Å². The van der Waals surface area contributed by atoms with Gasteiger partial charge in [-0.15, -0.1) is 0 Å². The molecule has 2 N–H and O–H groups in total. The van der Waals surface area contributed by atoms with E-state index in [1.807, 2.05) is 0 Å². The Morgan fingerprint density at radius 3 is 2.29 bits per heavy atom. The summed E-state index contributed by atoms with van der Waals surface area (Å²) in [5.41, 5.74) is -0.0496. The van der Waals surface area contributed by atoms with Crippen LogP contribution in [0.4, 0.5) is 0 Å². The van der Waals surface area contributed by atoms with Gasteiger partial charge in [0, 0.05) is 11.1 Å². The maximum atomic E-state index is 11.4. The molecule has 1 aromatic rings. The number of carbonyl (C=O) groups is 1. The molecular formula is C10H6O4. The molecule has 0 aromatic heterocycles. The van der Waals surface area contributed by atoms with Crippen molar-refractivity contribution in [3.8, 4) is 0 Å². The standard InChI is InChI=1S/C10H6O4/c11-5-8-6-3-1-2-4-7(6)9(12)10(8,13)14/h1-4,13-14H. The Hall–Kier alpha value is -1.74. The van der Waals surface area contributed by atoms with Crippen molar-refractivity contribution in [1.82, 2.24) is 0 Å². The van der Waals surface area contributed by atoms with E-state index in [4.69, 9.17) is 0 Å². The largest absolute Gasteiger partial charge is 0.355 e. The molecule has 70 valence electrons. The van der Waals surface area contributed by atoms with Crippen molar-refractivity contribution in [2.45, 2.75) is 5.79 Å². The summed E-state index contributed by atoms with van der Waals surface area (Å²) in [4.78, 5) is 21.9. The third-order valence-corrected chi connectivity index (χ3v) is 2.21. The van der Waals surface area contributed by atoms with Crippen molar-refractivity contribution in [3.63, 3.8) is 0 Å². The molecule has 0 bridgehead atoms. The van der Waals surface area contributed by atoms with Crippen molar-refractivity contribution >= 4 is 17.3 Å². The molecule has 2 rings (SSSR count). The fourth-order valence-corrected chi connectivity index (χ4v) is 1.51. The van der Waals surface area contributed by atoms with Crippen LogP contribution >= 0.6 is 0 Å². The molecule has 0 aliphatic heterocycles. The summed E-state index contributed by atoms with van der Waals surface area (Å²) in [6.07, 6.45) is 0. The first-order valence-corrected chi connectivity index (χ1v) is 3.93. The highest BCUT2D eigenvalue weighted by Gasteiger charge is 2.48. The summed E-state index contributed by atoms with van der Waals surface area (Å²) >= 11 is 0. The summed E-state index contributed by atoms with van der Waals surface area (Å²) < 4.78 is 0. The second kappa shape index (κ2) is 2.62. The molecule has 0 saturated heterocycles. The van der Waals surface area contributed by atoms with Crippen LogP contribution in [0.3, 0.4) is 0 Å². The van der Waals surface area contributed by atoms with Crippen molar-refractivity contribution in [1.29, 1.82) is 0 Å². The number of fused-ring (bicyclic) bond motifs is 1. The van der Waals surface area contributed by atoms with Gasteiger partial charge in [0.15, 0.2) is 0 Å². The van der Waals surface area contributed by atoms with Crippen LogP contribution in [0.1, 0.15) is 15.9 Å². The fourth-order valence-electron chi connectivity index (χ4n) is 1.51. The van der Waals surface area contributed by atoms with Crippen LogP contribution in [0.5, 0.6) is 0 Å². The number of ketones is 1. The van der Waals surface area contributed by atoms with Gasteiger partial charge in [-0.3, -0.25) is 4.79 Å². The zero-order valence-corrected chi connectivity index (χ0v) is 7.02. The Morgan fingerprint density at radius 1 is 1.14 bits per heavy atom. The van der Waals surface area contributed by atoms with Gasteiger partial charge < -0.3 is 10.2 Å². The average molecular weight is 190 g/mol. The van der Waals surface area contributed by atoms with Crippen molar-refractivity contribution in [2.75, 3.05) is 0 Å². The first kappa shape index (κ1) is 8.84. The van der Waals surface area contributed by atoms with Crippen LogP contribution in [-0.2, 0) is 4.79 Å². The lowest BCUT2D eigenvalue weighted by atomic mass is 10.1. The van der Waals surface area contributed by atoms with Gasteiger partial charge in [0.05, 0.1) is 0 Å². The zero-order chi connectivity index (χ0) is 10.3. The number of Topliss-reactive ketones (excluding diaryl/α,β-unsaturated/α-hetero) is 1. The van der Waals surface area contributed by atoms with Gasteiger partial charge in [-0.25, -0.2) is 4.79 Å². The minimum atomic E-state index is -2.72. The SMILES string of the molecule is O=C=C1c2ccccc2C(=O)C1(O)O. The Labute approximate surface area is 79.1 Å². The molecule has 0 fully saturated rings. The first-order chi connectivity index (χ1) is 6.59. The Balaban J connectivity index is 2.80. The zero-order valence-electron chi connectivity index (χ0n) is 7.02. The maximum absolute atomic E-state index is 11.4. The Morgan fingerprint density at radius 2 is 1.71 bits per heavy atom. The molecule has 0 saturated carbocycles. The van der Waals surface area contributed by atoms with Crippen LogP contribution in [0.2, 0.25) is 0 Å². The van der Waals surface area contributed by atoms with E-state index >= 15 is 0 Å². The van der Waals surface area contributed by atoms with Crippen LogP contribution in [0.25, 0.3) is 5.57 Å². The molecule has 1 aliphatic carbocycles. The quantitative estimate of drug-likeness (QED) is 0.438. The monoisotopic (exact) mass is 190 g/mol. The van der Waals surface area contributed by atoms with Crippen LogP contribution in [0.15, 0.2) is 24.3 Å². The molecule has 14 heavy (non-hydrogen) atoms. The molecule has 1 aliphatic rings. The summed E-state index contributed by atoms with van der Waals surface area (Å²) in [6.45, 7) is 0. The van der Waals surface area contributed by atoms with E-state index in [-0.39, 0.29) is 11.1 Å². The van der Waals surface area contributed by atoms with Gasteiger partial charge in [-0.1, -0.05) is 24.3 Å². The van der Waals surface area contributed by atoms with E-state index in [2.05, 4.69) is 0 Å². The third-order valence-electron chi connectivity index (χ3n) is 2.21. The molecule has 0 unspecified atom stereocenters. The van der Waals surface area contributed by atoms with E-state index in [1.165, 1.54) is 18.1 Å². The summed E-state index contributed by atoms with van der Waals surface area (Å²) in [6, 6.07) is 6.09. The van der Waals surface area contributed by atoms with Gasteiger partial charge in [-0.05, 0) is 0 Å². The topological polar surface area (TPSA) is 74.6 Å².